The summed E-state index contributed by atoms with van der Waals surface area (Å²) >= 11 is 0. The average molecular weight is 1520 g/mol. The predicted molar refractivity (Wildman–Crippen MR) is 454 cm³/mol. The van der Waals surface area contributed by atoms with Gasteiger partial charge in [0.25, 0.3) is 0 Å². The molecule has 20 aromatic rings. The zero-order valence-electron chi connectivity index (χ0n) is 62.3. The van der Waals surface area contributed by atoms with Gasteiger partial charge in [-0.3, -0.25) is 0 Å². The molecule has 20 rings (SSSR count). The number of aryl methyl sites for hydroxylation is 1. The third-order valence-corrected chi connectivity index (χ3v) is 20.9. The largest absolute Gasteiger partial charge is 0.416 e. The van der Waals surface area contributed by atoms with Crippen molar-refractivity contribution in [1.29, 1.82) is 5.26 Å². The SMILES string of the molecule is Cc1cc(C(F)(F)F)ccc1-c1cc(-n2c3ccc(-c4nc(-c5ccccc5)nc(-c5ccccc5)n4)cc3c3cc(-c4nc(-c5ccccc5)nc(-c5ccccc5)n4)ccc32)c(C#N)c(-n2c3ccc(-c4nc(-c5ccccc5)nc(-c5ccccc5)n4)cc3c3cc(-c4nc(-c5ccccc5)nc(-c5ccccc5)n4)ccc32)c1. The molecular formula is C99H60F3N15. The molecule has 0 unspecified atom stereocenters. The van der Waals surface area contributed by atoms with Gasteiger partial charge >= 0.3 is 6.18 Å². The topological polar surface area (TPSA) is 188 Å². The zero-order chi connectivity index (χ0) is 78.7. The molecule has 14 aromatic carbocycles. The van der Waals surface area contributed by atoms with E-state index in [0.29, 0.717) is 142 Å². The smallest absolute Gasteiger partial charge is 0.308 e. The Bertz CT molecular complexity index is 6300. The van der Waals surface area contributed by atoms with E-state index in [1.54, 1.807) is 6.92 Å². The van der Waals surface area contributed by atoms with Crippen LogP contribution in [0, 0.1) is 18.3 Å². The molecule has 0 spiro atoms. The molecule has 0 saturated heterocycles. The molecule has 0 amide bonds. The van der Waals surface area contributed by atoms with Crippen molar-refractivity contribution < 1.29 is 13.2 Å². The number of halogens is 3. The predicted octanol–water partition coefficient (Wildman–Crippen LogP) is 23.5. The van der Waals surface area contributed by atoms with Crippen LogP contribution in [-0.4, -0.2) is 68.9 Å². The highest BCUT2D eigenvalue weighted by molar-refractivity contribution is 6.14. The molecule has 0 N–H and O–H groups in total. The van der Waals surface area contributed by atoms with E-state index in [2.05, 4.69) is 39.5 Å². The van der Waals surface area contributed by atoms with Crippen LogP contribution < -0.4 is 0 Å². The third-order valence-electron chi connectivity index (χ3n) is 20.9. The van der Waals surface area contributed by atoms with E-state index in [1.165, 1.54) is 12.1 Å². The van der Waals surface area contributed by atoms with E-state index in [9.17, 15) is 18.4 Å². The van der Waals surface area contributed by atoms with Crippen LogP contribution in [0.25, 0.3) is 203 Å². The second-order valence-electron chi connectivity index (χ2n) is 28.3. The molecule has 0 atom stereocenters. The van der Waals surface area contributed by atoms with Crippen LogP contribution in [-0.2, 0) is 6.18 Å². The Morgan fingerprint density at radius 3 is 0.650 bits per heavy atom. The Kier molecular flexibility index (Phi) is 17.5. The van der Waals surface area contributed by atoms with Crippen molar-refractivity contribution in [2.45, 2.75) is 13.1 Å². The van der Waals surface area contributed by atoms with Gasteiger partial charge in [-0.15, -0.1) is 0 Å². The van der Waals surface area contributed by atoms with E-state index in [4.69, 9.17) is 59.8 Å². The van der Waals surface area contributed by atoms with Gasteiger partial charge < -0.3 is 9.13 Å². The Labute approximate surface area is 667 Å². The molecule has 0 fully saturated rings. The summed E-state index contributed by atoms with van der Waals surface area (Å²) in [7, 11) is 0. The minimum absolute atomic E-state index is 0.229. The quantitative estimate of drug-likeness (QED) is 0.0944. The van der Waals surface area contributed by atoms with Crippen molar-refractivity contribution in [2.75, 3.05) is 0 Å². The summed E-state index contributed by atoms with van der Waals surface area (Å²) in [5.74, 6) is 5.42. The molecule has 0 aliphatic heterocycles. The second kappa shape index (κ2) is 29.3. The van der Waals surface area contributed by atoms with E-state index in [1.807, 2.05) is 303 Å². The van der Waals surface area contributed by atoms with Crippen molar-refractivity contribution in [3.63, 3.8) is 0 Å². The highest BCUT2D eigenvalue weighted by atomic mass is 19.4. The summed E-state index contributed by atoms with van der Waals surface area (Å²) in [4.78, 5) is 61.8. The molecule has 0 radical (unpaired) electrons. The number of fused-ring (bicyclic) bond motifs is 6. The number of alkyl halides is 3. The highest BCUT2D eigenvalue weighted by Gasteiger charge is 2.32. The molecule has 6 aromatic heterocycles. The van der Waals surface area contributed by atoms with Gasteiger partial charge in [0.05, 0.1) is 39.0 Å². The molecule has 0 bridgehead atoms. The summed E-state index contributed by atoms with van der Waals surface area (Å²) in [6.45, 7) is 1.68. The van der Waals surface area contributed by atoms with Crippen molar-refractivity contribution in [3.8, 4) is 165 Å². The third kappa shape index (κ3) is 13.3. The zero-order valence-corrected chi connectivity index (χ0v) is 62.3. The van der Waals surface area contributed by atoms with Gasteiger partial charge in [0.2, 0.25) is 0 Å². The number of hydrogen-bond acceptors (Lipinski definition) is 13. The van der Waals surface area contributed by atoms with E-state index in [-0.39, 0.29) is 5.56 Å². The number of hydrogen-bond donors (Lipinski definition) is 0. The fraction of sp³-hybridized carbons (Fsp3) is 0.0202. The highest BCUT2D eigenvalue weighted by Crippen LogP contribution is 2.45. The minimum atomic E-state index is -4.65. The lowest BCUT2D eigenvalue weighted by Crippen LogP contribution is -2.07. The first-order valence-electron chi connectivity index (χ1n) is 37.9. The van der Waals surface area contributed by atoms with Crippen molar-refractivity contribution in [3.05, 3.63) is 362 Å². The fourth-order valence-electron chi connectivity index (χ4n) is 15.3. The maximum absolute atomic E-state index is 14.9. The number of nitriles is 1. The minimum Gasteiger partial charge on any atom is -0.308 e. The van der Waals surface area contributed by atoms with Crippen LogP contribution in [0.15, 0.2) is 346 Å². The van der Waals surface area contributed by atoms with Gasteiger partial charge in [-0.05, 0) is 121 Å². The van der Waals surface area contributed by atoms with Crippen LogP contribution in [0.3, 0.4) is 0 Å². The Hall–Kier alpha value is -16.0. The monoisotopic (exact) mass is 1520 g/mol. The fourth-order valence-corrected chi connectivity index (χ4v) is 15.3. The molecule has 15 nitrogen and oxygen atoms in total. The average Bonchev–Trinajstić information content (AvgIpc) is 1.57. The maximum Gasteiger partial charge on any atom is 0.416 e. The first kappa shape index (κ1) is 70.1. The summed E-state index contributed by atoms with van der Waals surface area (Å²) in [5, 5.41) is 15.5. The van der Waals surface area contributed by atoms with Gasteiger partial charge in [0.15, 0.2) is 69.9 Å². The molecule has 6 heterocycles. The summed E-state index contributed by atoms with van der Waals surface area (Å²) in [5.41, 5.74) is 13.3. The first-order valence-corrected chi connectivity index (χ1v) is 37.9. The van der Waals surface area contributed by atoms with Crippen LogP contribution in [0.1, 0.15) is 16.7 Å². The number of nitrogens with zero attached hydrogens (tertiary/aromatic N) is 15. The van der Waals surface area contributed by atoms with Gasteiger partial charge in [-0.2, -0.15) is 18.4 Å². The Morgan fingerprint density at radius 1 is 0.239 bits per heavy atom. The molecule has 552 valence electrons. The van der Waals surface area contributed by atoms with E-state index < -0.39 is 11.7 Å². The molecule has 18 heteroatoms. The van der Waals surface area contributed by atoms with E-state index >= 15 is 0 Å². The number of benzene rings is 14. The molecule has 0 aliphatic rings. The molecular weight excluding hydrogens is 1460 g/mol. The lowest BCUT2D eigenvalue weighted by molar-refractivity contribution is -0.137. The lowest BCUT2D eigenvalue weighted by atomic mass is 9.95. The maximum atomic E-state index is 14.9. The molecule has 0 aliphatic carbocycles. The van der Waals surface area contributed by atoms with Crippen molar-refractivity contribution >= 4 is 43.6 Å². The number of aromatic nitrogens is 14. The molecule has 0 saturated carbocycles. The summed E-state index contributed by atoms with van der Waals surface area (Å²) in [6, 6.07) is 113. The van der Waals surface area contributed by atoms with Gasteiger partial charge in [-0.1, -0.05) is 249 Å². The number of rotatable bonds is 15. The van der Waals surface area contributed by atoms with Gasteiger partial charge in [0, 0.05) is 88.3 Å². The standard InChI is InChI=1S/C99H60F3N15/c1-60-52-74(99(100,101)102)46-47-75(60)73-57-85(116-81-48-42-69(95-108-87(61-26-10-2-11-27-61)104-88(109-95)62-28-12-3-13-29-62)53-76(81)77-54-70(43-49-82(77)116)96-110-89(63-30-14-4-15-31-63)105-90(111-96)64-32-16-5-17-33-64)80(59-103)86(58-73)117-83-50-44-71(97-112-91(65-34-18-6-19-35-65)106-92(113-97)66-36-20-7-21-37-66)55-78(83)79-56-72(45-51-84(79)117)98-114-93(67-38-22-8-23-39-67)107-94(115-98)68-40-24-9-25-41-68/h2-58H,1H3. The summed E-state index contributed by atoms with van der Waals surface area (Å²) < 4.78 is 48.9. The van der Waals surface area contributed by atoms with Crippen LogP contribution in [0.4, 0.5) is 13.2 Å². The van der Waals surface area contributed by atoms with Gasteiger partial charge in [-0.25, -0.2) is 59.8 Å². The first-order chi connectivity index (χ1) is 57.4. The Morgan fingerprint density at radius 2 is 0.453 bits per heavy atom. The second-order valence-corrected chi connectivity index (χ2v) is 28.3. The van der Waals surface area contributed by atoms with Gasteiger partial charge in [0.1, 0.15) is 11.6 Å². The Balaban J connectivity index is 0.866. The van der Waals surface area contributed by atoms with E-state index in [0.717, 1.165) is 72.1 Å². The summed E-state index contributed by atoms with van der Waals surface area (Å²) in [6.07, 6.45) is -4.65. The van der Waals surface area contributed by atoms with Crippen molar-refractivity contribution in [2.24, 2.45) is 0 Å². The van der Waals surface area contributed by atoms with Crippen LogP contribution >= 0.6 is 0 Å². The molecule has 117 heavy (non-hydrogen) atoms. The van der Waals surface area contributed by atoms with Crippen LogP contribution in [0.2, 0.25) is 0 Å². The normalized spacial score (nSPS) is 11.6. The van der Waals surface area contributed by atoms with Crippen molar-refractivity contribution in [1.82, 2.24) is 68.9 Å². The van der Waals surface area contributed by atoms with Crippen LogP contribution in [0.5, 0.6) is 0 Å². The lowest BCUT2D eigenvalue weighted by Gasteiger charge is -2.19.